The third kappa shape index (κ3) is 7.28. The summed E-state index contributed by atoms with van der Waals surface area (Å²) in [4.78, 5) is 2.62. The van der Waals surface area contributed by atoms with Crippen LogP contribution in [-0.4, -0.2) is 45.2 Å². The van der Waals surface area contributed by atoms with Crippen LogP contribution < -0.4 is 4.72 Å². The van der Waals surface area contributed by atoms with E-state index < -0.39 is 10.0 Å². The van der Waals surface area contributed by atoms with E-state index in [0.29, 0.717) is 0 Å². The maximum Gasteiger partial charge on any atom is 0.208 e. The third-order valence-electron chi connectivity index (χ3n) is 6.30. The lowest BCUT2D eigenvalue weighted by Crippen LogP contribution is -2.38. The number of hydrogen-bond donors (Lipinski definition) is 1. The fourth-order valence-electron chi connectivity index (χ4n) is 4.66. The Balaban J connectivity index is 1.34. The summed E-state index contributed by atoms with van der Waals surface area (Å²) in [5.74, 6) is 1.49. The Labute approximate surface area is 183 Å². The van der Waals surface area contributed by atoms with E-state index in [-0.39, 0.29) is 6.04 Å². The average molecular weight is 492 g/mol. The number of halogens is 2. The van der Waals surface area contributed by atoms with Crippen LogP contribution in [-0.2, 0) is 16.4 Å². The minimum atomic E-state index is -3.07. The Morgan fingerprint density at radius 1 is 1.11 bits per heavy atom. The SMILES string of the molecule is CS(=O)(=O)N[C@H]1CC[C@H](CCN2CCC(Cc3cc(Cl)ccc3Br)CC2)CC1. The van der Waals surface area contributed by atoms with E-state index in [1.54, 1.807) is 0 Å². The van der Waals surface area contributed by atoms with Crippen LogP contribution in [0.5, 0.6) is 0 Å². The van der Waals surface area contributed by atoms with E-state index in [9.17, 15) is 8.42 Å². The molecule has 1 saturated heterocycles. The van der Waals surface area contributed by atoms with Crippen molar-refractivity contribution in [3.63, 3.8) is 0 Å². The van der Waals surface area contributed by atoms with Crippen LogP contribution in [0.15, 0.2) is 22.7 Å². The van der Waals surface area contributed by atoms with Crippen LogP contribution in [0.3, 0.4) is 0 Å². The van der Waals surface area contributed by atoms with E-state index in [1.807, 2.05) is 12.1 Å². The molecule has 1 aromatic rings. The first-order valence-corrected chi connectivity index (χ1v) is 13.5. The van der Waals surface area contributed by atoms with E-state index in [2.05, 4.69) is 31.6 Å². The summed E-state index contributed by atoms with van der Waals surface area (Å²) in [6, 6.07) is 6.22. The van der Waals surface area contributed by atoms with Crippen molar-refractivity contribution in [3.05, 3.63) is 33.3 Å². The summed E-state index contributed by atoms with van der Waals surface area (Å²) in [7, 11) is -3.07. The first-order chi connectivity index (χ1) is 13.3. The fraction of sp³-hybridized carbons (Fsp3) is 0.714. The highest BCUT2D eigenvalue weighted by Crippen LogP contribution is 2.30. The topological polar surface area (TPSA) is 49.4 Å². The molecule has 0 aromatic heterocycles. The monoisotopic (exact) mass is 490 g/mol. The molecule has 2 fully saturated rings. The van der Waals surface area contributed by atoms with Gasteiger partial charge in [0.1, 0.15) is 0 Å². The summed E-state index contributed by atoms with van der Waals surface area (Å²) >= 11 is 9.80. The predicted molar refractivity (Wildman–Crippen MR) is 120 cm³/mol. The Morgan fingerprint density at radius 2 is 1.79 bits per heavy atom. The van der Waals surface area contributed by atoms with Crippen LogP contribution >= 0.6 is 27.5 Å². The smallest absolute Gasteiger partial charge is 0.208 e. The second kappa shape index (κ2) is 10.3. The van der Waals surface area contributed by atoms with Gasteiger partial charge in [-0.3, -0.25) is 0 Å². The number of sulfonamides is 1. The van der Waals surface area contributed by atoms with Crippen molar-refractivity contribution in [2.24, 2.45) is 11.8 Å². The molecule has 0 bridgehead atoms. The highest BCUT2D eigenvalue weighted by Gasteiger charge is 2.25. The highest BCUT2D eigenvalue weighted by molar-refractivity contribution is 9.10. The molecule has 1 saturated carbocycles. The van der Waals surface area contributed by atoms with Gasteiger partial charge in [0, 0.05) is 15.5 Å². The predicted octanol–water partition coefficient (Wildman–Crippen LogP) is 4.86. The Morgan fingerprint density at radius 3 is 2.43 bits per heavy atom. The summed E-state index contributed by atoms with van der Waals surface area (Å²) in [5.41, 5.74) is 1.32. The Kier molecular flexibility index (Phi) is 8.25. The molecule has 1 N–H and O–H groups in total. The van der Waals surface area contributed by atoms with Crippen LogP contribution in [0.4, 0.5) is 0 Å². The standard InChI is InChI=1S/C21H32BrClN2O2S/c1-28(26,27)24-20-5-2-16(3-6-20)8-11-25-12-9-17(10-13-25)14-18-15-19(23)4-7-21(18)22/h4,7,15-17,20,24H,2-3,5-6,8-14H2,1H3/t16-,20-. The van der Waals surface area contributed by atoms with Crippen molar-refractivity contribution in [1.29, 1.82) is 0 Å². The average Bonchev–Trinajstić information content (AvgIpc) is 2.64. The molecule has 1 aromatic carbocycles. The molecule has 0 spiro atoms. The molecule has 28 heavy (non-hydrogen) atoms. The van der Waals surface area contributed by atoms with Crippen molar-refractivity contribution < 1.29 is 8.42 Å². The van der Waals surface area contributed by atoms with E-state index in [1.165, 1.54) is 55.2 Å². The molecular formula is C21H32BrClN2O2S. The highest BCUT2D eigenvalue weighted by atomic mass is 79.9. The van der Waals surface area contributed by atoms with Crippen molar-refractivity contribution in [1.82, 2.24) is 9.62 Å². The van der Waals surface area contributed by atoms with Gasteiger partial charge in [-0.15, -0.1) is 0 Å². The summed E-state index contributed by atoms with van der Waals surface area (Å²) < 4.78 is 26.7. The molecule has 0 radical (unpaired) electrons. The second-order valence-corrected chi connectivity index (χ2v) is 11.7. The molecule has 0 amide bonds. The molecule has 4 nitrogen and oxygen atoms in total. The Bertz CT molecular complexity index is 743. The number of nitrogens with zero attached hydrogens (tertiary/aromatic N) is 1. The minimum Gasteiger partial charge on any atom is -0.303 e. The lowest BCUT2D eigenvalue weighted by Gasteiger charge is -2.34. The van der Waals surface area contributed by atoms with E-state index in [0.717, 1.165) is 49.0 Å². The quantitative estimate of drug-likeness (QED) is 0.593. The number of nitrogens with one attached hydrogen (secondary N) is 1. The van der Waals surface area contributed by atoms with E-state index in [4.69, 9.17) is 11.6 Å². The summed E-state index contributed by atoms with van der Waals surface area (Å²) in [5, 5.41) is 0.817. The molecule has 1 aliphatic heterocycles. The van der Waals surface area contributed by atoms with Crippen molar-refractivity contribution in [3.8, 4) is 0 Å². The zero-order valence-electron chi connectivity index (χ0n) is 16.7. The van der Waals surface area contributed by atoms with Gasteiger partial charge in [-0.1, -0.05) is 27.5 Å². The molecule has 2 aliphatic rings. The lowest BCUT2D eigenvalue weighted by molar-refractivity contribution is 0.164. The number of benzene rings is 1. The van der Waals surface area contributed by atoms with Gasteiger partial charge in [-0.05, 0) is 107 Å². The lowest BCUT2D eigenvalue weighted by atomic mass is 9.84. The van der Waals surface area contributed by atoms with Gasteiger partial charge in [0.2, 0.25) is 10.0 Å². The molecule has 3 rings (SSSR count). The number of likely N-dealkylation sites (tertiary alicyclic amines) is 1. The molecule has 0 atom stereocenters. The van der Waals surface area contributed by atoms with Gasteiger partial charge >= 0.3 is 0 Å². The van der Waals surface area contributed by atoms with Gasteiger partial charge < -0.3 is 4.90 Å². The minimum absolute atomic E-state index is 0.146. The van der Waals surface area contributed by atoms with Crippen molar-refractivity contribution in [2.75, 3.05) is 25.9 Å². The normalized spacial score (nSPS) is 25.1. The van der Waals surface area contributed by atoms with Crippen LogP contribution in [0.25, 0.3) is 0 Å². The zero-order valence-corrected chi connectivity index (χ0v) is 19.8. The molecular weight excluding hydrogens is 460 g/mol. The van der Waals surface area contributed by atoms with Gasteiger partial charge in [0.05, 0.1) is 6.26 Å². The first kappa shape index (κ1) is 22.5. The molecule has 1 aliphatic carbocycles. The maximum atomic E-state index is 11.4. The second-order valence-electron chi connectivity index (χ2n) is 8.62. The van der Waals surface area contributed by atoms with Crippen LogP contribution in [0.1, 0.15) is 50.5 Å². The van der Waals surface area contributed by atoms with Gasteiger partial charge in [0.25, 0.3) is 0 Å². The molecule has 1 heterocycles. The van der Waals surface area contributed by atoms with Crippen molar-refractivity contribution in [2.45, 2.75) is 57.4 Å². The maximum absolute atomic E-state index is 11.4. The van der Waals surface area contributed by atoms with Gasteiger partial charge in [-0.2, -0.15) is 0 Å². The fourth-order valence-corrected chi connectivity index (χ4v) is 6.11. The van der Waals surface area contributed by atoms with Crippen LogP contribution in [0, 0.1) is 11.8 Å². The Hall–Kier alpha value is -0.140. The van der Waals surface area contributed by atoms with Crippen LogP contribution in [0.2, 0.25) is 5.02 Å². The largest absolute Gasteiger partial charge is 0.303 e. The number of rotatable bonds is 7. The van der Waals surface area contributed by atoms with Crippen molar-refractivity contribution >= 4 is 37.6 Å². The third-order valence-corrected chi connectivity index (χ3v) is 8.07. The molecule has 0 unspecified atom stereocenters. The van der Waals surface area contributed by atoms with Gasteiger partial charge in [0.15, 0.2) is 0 Å². The number of piperidine rings is 1. The summed E-state index contributed by atoms with van der Waals surface area (Å²) in [6.45, 7) is 3.56. The molecule has 7 heteroatoms. The van der Waals surface area contributed by atoms with Gasteiger partial charge in [-0.25, -0.2) is 13.1 Å². The molecule has 158 valence electrons. The zero-order chi connectivity index (χ0) is 20.1. The van der Waals surface area contributed by atoms with E-state index >= 15 is 0 Å². The first-order valence-electron chi connectivity index (χ1n) is 10.4. The summed E-state index contributed by atoms with van der Waals surface area (Å²) in [6.07, 6.45) is 10.4. The number of hydrogen-bond acceptors (Lipinski definition) is 3.